The molecule has 0 radical (unpaired) electrons. The lowest BCUT2D eigenvalue weighted by atomic mass is 10.2. The van der Waals surface area contributed by atoms with E-state index >= 15 is 0 Å². The summed E-state index contributed by atoms with van der Waals surface area (Å²) in [6.45, 7) is 0.284. The van der Waals surface area contributed by atoms with Crippen LogP contribution in [0.1, 0.15) is 16.2 Å². The van der Waals surface area contributed by atoms with Gasteiger partial charge in [-0.1, -0.05) is 17.3 Å². The lowest BCUT2D eigenvalue weighted by Gasteiger charge is -2.09. The first kappa shape index (κ1) is 18.4. The first-order chi connectivity index (χ1) is 13.1. The maximum atomic E-state index is 13.7. The van der Waals surface area contributed by atoms with E-state index in [1.807, 2.05) is 0 Å². The average molecular weight is 371 g/mol. The molecule has 8 heteroatoms. The molecule has 0 saturated carbocycles. The molecule has 0 saturated heterocycles. The van der Waals surface area contributed by atoms with Gasteiger partial charge in [0.15, 0.2) is 11.5 Å². The van der Waals surface area contributed by atoms with Gasteiger partial charge in [0.2, 0.25) is 11.7 Å². The van der Waals surface area contributed by atoms with Crippen LogP contribution in [0, 0.1) is 5.82 Å². The summed E-state index contributed by atoms with van der Waals surface area (Å²) in [6, 6.07) is 11.1. The molecule has 27 heavy (non-hydrogen) atoms. The number of nitrogens with zero attached hydrogens (tertiary/aromatic N) is 2. The van der Waals surface area contributed by atoms with Crippen molar-refractivity contribution in [3.05, 3.63) is 59.7 Å². The number of hydrogen-bond acceptors (Lipinski definition) is 6. The fourth-order valence-corrected chi connectivity index (χ4v) is 2.47. The fourth-order valence-electron chi connectivity index (χ4n) is 2.47. The summed E-state index contributed by atoms with van der Waals surface area (Å²) in [6.07, 6.45) is 0.320. The van der Waals surface area contributed by atoms with Crippen molar-refractivity contribution in [3.8, 4) is 22.9 Å². The summed E-state index contributed by atoms with van der Waals surface area (Å²) in [5.74, 6) is 0.795. The number of halogens is 1. The molecule has 0 aliphatic heterocycles. The van der Waals surface area contributed by atoms with E-state index in [1.54, 1.807) is 36.4 Å². The van der Waals surface area contributed by atoms with E-state index in [9.17, 15) is 9.18 Å². The van der Waals surface area contributed by atoms with E-state index in [0.717, 1.165) is 0 Å². The van der Waals surface area contributed by atoms with E-state index < -0.39 is 5.82 Å². The normalized spacial score (nSPS) is 10.5. The van der Waals surface area contributed by atoms with Crippen LogP contribution in [-0.2, 0) is 6.42 Å². The van der Waals surface area contributed by atoms with Crippen LogP contribution >= 0.6 is 0 Å². The van der Waals surface area contributed by atoms with Gasteiger partial charge in [0.05, 0.1) is 19.8 Å². The summed E-state index contributed by atoms with van der Waals surface area (Å²) in [5.41, 5.74) is 0.701. The molecule has 3 rings (SSSR count). The third-order valence-electron chi connectivity index (χ3n) is 3.85. The van der Waals surface area contributed by atoms with Crippen LogP contribution < -0.4 is 14.8 Å². The predicted molar refractivity (Wildman–Crippen MR) is 95.3 cm³/mol. The number of hydrogen-bond donors (Lipinski definition) is 1. The highest BCUT2D eigenvalue weighted by Crippen LogP contribution is 2.27. The smallest absolute Gasteiger partial charge is 0.251 e. The molecule has 140 valence electrons. The van der Waals surface area contributed by atoms with Crippen molar-refractivity contribution in [3.63, 3.8) is 0 Å². The van der Waals surface area contributed by atoms with Crippen LogP contribution in [0.3, 0.4) is 0 Å². The third-order valence-corrected chi connectivity index (χ3v) is 3.85. The Hall–Kier alpha value is -3.42. The second kappa shape index (κ2) is 8.31. The number of rotatable bonds is 7. The van der Waals surface area contributed by atoms with Crippen LogP contribution in [0.5, 0.6) is 11.5 Å². The Labute approximate surface area is 155 Å². The molecule has 1 heterocycles. The SMILES string of the molecule is COc1ccc(C(=O)NCCc2nc(-c3ccccc3F)no2)cc1OC. The highest BCUT2D eigenvalue weighted by molar-refractivity contribution is 5.94. The summed E-state index contributed by atoms with van der Waals surface area (Å²) in [5, 5.41) is 6.54. The van der Waals surface area contributed by atoms with Crippen molar-refractivity contribution in [2.45, 2.75) is 6.42 Å². The van der Waals surface area contributed by atoms with Gasteiger partial charge in [-0.05, 0) is 30.3 Å². The molecule has 0 unspecified atom stereocenters. The Balaban J connectivity index is 1.59. The Morgan fingerprint density at radius 3 is 2.67 bits per heavy atom. The summed E-state index contributed by atoms with van der Waals surface area (Å²) in [4.78, 5) is 16.4. The van der Waals surface area contributed by atoms with Crippen molar-refractivity contribution < 1.29 is 23.2 Å². The second-order valence-corrected chi connectivity index (χ2v) is 5.57. The molecule has 1 N–H and O–H groups in total. The van der Waals surface area contributed by atoms with Gasteiger partial charge in [-0.2, -0.15) is 4.98 Å². The number of benzene rings is 2. The van der Waals surface area contributed by atoms with Crippen LogP contribution in [-0.4, -0.2) is 36.8 Å². The van der Waals surface area contributed by atoms with Gasteiger partial charge in [-0.3, -0.25) is 4.79 Å². The van der Waals surface area contributed by atoms with Gasteiger partial charge >= 0.3 is 0 Å². The molecule has 3 aromatic rings. The molecule has 0 atom stereocenters. The molecule has 0 aliphatic rings. The molecular weight excluding hydrogens is 353 g/mol. The summed E-state index contributed by atoms with van der Waals surface area (Å²) >= 11 is 0. The standard InChI is InChI=1S/C19H18FN3O4/c1-25-15-8-7-12(11-16(15)26-2)19(24)21-10-9-17-22-18(23-27-17)13-5-3-4-6-14(13)20/h3-8,11H,9-10H2,1-2H3,(H,21,24). The Morgan fingerprint density at radius 1 is 1.15 bits per heavy atom. The van der Waals surface area contributed by atoms with Crippen molar-refractivity contribution in [1.82, 2.24) is 15.5 Å². The molecule has 1 aromatic heterocycles. The predicted octanol–water partition coefficient (Wildman–Crippen LogP) is 2.87. The van der Waals surface area contributed by atoms with E-state index in [4.69, 9.17) is 14.0 Å². The molecule has 0 bridgehead atoms. The molecule has 2 aromatic carbocycles. The van der Waals surface area contributed by atoms with E-state index in [-0.39, 0.29) is 23.8 Å². The molecular formula is C19H18FN3O4. The lowest BCUT2D eigenvalue weighted by molar-refractivity contribution is 0.0953. The van der Waals surface area contributed by atoms with Crippen LogP contribution in [0.25, 0.3) is 11.4 Å². The van der Waals surface area contributed by atoms with Gasteiger partial charge in [0.1, 0.15) is 5.82 Å². The number of carbonyl (C=O) groups excluding carboxylic acids is 1. The lowest BCUT2D eigenvalue weighted by Crippen LogP contribution is -2.25. The Bertz CT molecular complexity index is 942. The minimum atomic E-state index is -0.424. The number of carbonyl (C=O) groups is 1. The van der Waals surface area contributed by atoms with Gasteiger partial charge in [0, 0.05) is 18.5 Å². The minimum Gasteiger partial charge on any atom is -0.493 e. The number of ether oxygens (including phenoxy) is 2. The highest BCUT2D eigenvalue weighted by atomic mass is 19.1. The van der Waals surface area contributed by atoms with Crippen molar-refractivity contribution in [2.75, 3.05) is 20.8 Å². The number of amides is 1. The van der Waals surface area contributed by atoms with Gasteiger partial charge in [-0.15, -0.1) is 0 Å². The van der Waals surface area contributed by atoms with Crippen molar-refractivity contribution in [1.29, 1.82) is 0 Å². The number of nitrogens with one attached hydrogen (secondary N) is 1. The fraction of sp³-hybridized carbons (Fsp3) is 0.211. The van der Waals surface area contributed by atoms with Gasteiger partial charge < -0.3 is 19.3 Å². The highest BCUT2D eigenvalue weighted by Gasteiger charge is 2.14. The van der Waals surface area contributed by atoms with E-state index in [1.165, 1.54) is 20.3 Å². The quantitative estimate of drug-likeness (QED) is 0.687. The van der Waals surface area contributed by atoms with E-state index in [2.05, 4.69) is 15.5 Å². The largest absolute Gasteiger partial charge is 0.493 e. The summed E-state index contributed by atoms with van der Waals surface area (Å²) in [7, 11) is 3.03. The van der Waals surface area contributed by atoms with Crippen LogP contribution in [0.2, 0.25) is 0 Å². The number of methoxy groups -OCH3 is 2. The minimum absolute atomic E-state index is 0.175. The van der Waals surface area contributed by atoms with Crippen molar-refractivity contribution >= 4 is 5.91 Å². The van der Waals surface area contributed by atoms with Crippen LogP contribution in [0.4, 0.5) is 4.39 Å². The molecule has 7 nitrogen and oxygen atoms in total. The van der Waals surface area contributed by atoms with Gasteiger partial charge in [-0.25, -0.2) is 4.39 Å². The molecule has 1 amide bonds. The van der Waals surface area contributed by atoms with Crippen LogP contribution in [0.15, 0.2) is 47.0 Å². The molecule has 0 fully saturated rings. The zero-order valence-corrected chi connectivity index (χ0v) is 14.9. The molecule has 0 spiro atoms. The Morgan fingerprint density at radius 2 is 1.93 bits per heavy atom. The monoisotopic (exact) mass is 371 g/mol. The average Bonchev–Trinajstić information content (AvgIpc) is 3.16. The summed E-state index contributed by atoms with van der Waals surface area (Å²) < 4.78 is 29.2. The number of aromatic nitrogens is 2. The first-order valence-corrected chi connectivity index (χ1v) is 8.20. The first-order valence-electron chi connectivity index (χ1n) is 8.20. The Kier molecular flexibility index (Phi) is 5.65. The maximum absolute atomic E-state index is 13.7. The second-order valence-electron chi connectivity index (χ2n) is 5.57. The topological polar surface area (TPSA) is 86.5 Å². The van der Waals surface area contributed by atoms with Gasteiger partial charge in [0.25, 0.3) is 5.91 Å². The maximum Gasteiger partial charge on any atom is 0.251 e. The third kappa shape index (κ3) is 4.22. The van der Waals surface area contributed by atoms with E-state index in [0.29, 0.717) is 29.4 Å². The zero-order chi connectivity index (χ0) is 19.2. The zero-order valence-electron chi connectivity index (χ0n) is 14.9. The van der Waals surface area contributed by atoms with Crippen molar-refractivity contribution in [2.24, 2.45) is 0 Å². The molecule has 0 aliphatic carbocycles.